The third-order valence-electron chi connectivity index (χ3n) is 3.66. The molecule has 1 aliphatic carbocycles. The zero-order chi connectivity index (χ0) is 13.0. The molecule has 4 heteroatoms. The highest BCUT2D eigenvalue weighted by Gasteiger charge is 2.50. The second-order valence-electron chi connectivity index (χ2n) is 4.91. The summed E-state index contributed by atoms with van der Waals surface area (Å²) in [4.78, 5) is 0. The van der Waals surface area contributed by atoms with Crippen LogP contribution in [0.15, 0.2) is 34.7 Å². The molecule has 0 heterocycles. The van der Waals surface area contributed by atoms with E-state index in [0.717, 1.165) is 6.42 Å². The molecule has 1 fully saturated rings. The van der Waals surface area contributed by atoms with Crippen molar-refractivity contribution in [2.75, 3.05) is 0 Å². The minimum absolute atomic E-state index is 0.0254. The van der Waals surface area contributed by atoms with Crippen molar-refractivity contribution in [3.63, 3.8) is 0 Å². The van der Waals surface area contributed by atoms with Crippen LogP contribution < -0.4 is 0 Å². The normalized spacial score (nSPS) is 25.7. The Labute approximate surface area is 110 Å². The first-order chi connectivity index (χ1) is 8.74. The molecule has 0 bridgehead atoms. The Morgan fingerprint density at radius 3 is 2.50 bits per heavy atom. The first kappa shape index (κ1) is 13.3. The number of nitrogens with zero attached hydrogens (tertiary/aromatic N) is 1. The number of unbranched alkanes of at least 4 members (excludes halogenated alkanes) is 2. The average Bonchev–Trinajstić information content (AvgIpc) is 3.03. The van der Waals surface area contributed by atoms with Crippen molar-refractivity contribution in [2.24, 2.45) is 10.3 Å². The fourth-order valence-corrected chi connectivity index (χ4v) is 3.19. The summed E-state index contributed by atoms with van der Waals surface area (Å²) < 4.78 is 25.3. The molecule has 18 heavy (non-hydrogen) atoms. The average molecular weight is 265 g/mol. The monoisotopic (exact) mass is 265 g/mol. The summed E-state index contributed by atoms with van der Waals surface area (Å²) >= 11 is 0. The van der Waals surface area contributed by atoms with Gasteiger partial charge >= 0.3 is 10.5 Å². The number of hydrogen-bond acceptors (Lipinski definition) is 3. The summed E-state index contributed by atoms with van der Waals surface area (Å²) in [5.74, 6) is 0.720. The van der Waals surface area contributed by atoms with Crippen molar-refractivity contribution in [1.29, 1.82) is 0 Å². The zero-order valence-corrected chi connectivity index (χ0v) is 11.4. The van der Waals surface area contributed by atoms with Crippen LogP contribution >= 0.6 is 0 Å². The van der Waals surface area contributed by atoms with E-state index in [2.05, 4.69) is 23.4 Å². The Morgan fingerprint density at radius 2 is 1.89 bits per heavy atom. The molecule has 1 saturated carbocycles. The maximum atomic E-state index is 10.7. The molecule has 3 nitrogen and oxygen atoms in total. The molecule has 0 aromatic heterocycles. The van der Waals surface area contributed by atoms with Crippen LogP contribution in [0.25, 0.3) is 0 Å². The summed E-state index contributed by atoms with van der Waals surface area (Å²) in [6, 6.07) is 10.1. The fraction of sp³-hybridized carbons (Fsp3) is 0.571. The quantitative estimate of drug-likeness (QED) is 0.740. The van der Waals surface area contributed by atoms with Crippen LogP contribution in [-0.2, 0) is 10.5 Å². The van der Waals surface area contributed by atoms with Gasteiger partial charge in [0.05, 0.1) is 6.04 Å². The zero-order valence-electron chi connectivity index (χ0n) is 10.6. The molecule has 1 aliphatic rings. The van der Waals surface area contributed by atoms with Crippen LogP contribution in [0.5, 0.6) is 0 Å². The third kappa shape index (κ3) is 3.19. The Hall–Kier alpha value is -1.16. The first-order valence-electron chi connectivity index (χ1n) is 6.59. The van der Waals surface area contributed by atoms with E-state index in [-0.39, 0.29) is 6.04 Å². The standard InChI is InChI=1S/C14H19NO2S/c1-2-3-5-10-12-13(14(12)15-18(16)17)11-8-6-4-7-9-11/h4,6-9,12-14H,2-3,5,10H2,1H3. The second-order valence-corrected chi connectivity index (χ2v) is 5.55. The van der Waals surface area contributed by atoms with E-state index in [1.165, 1.54) is 24.8 Å². The minimum atomic E-state index is -2.28. The summed E-state index contributed by atoms with van der Waals surface area (Å²) in [6.45, 7) is 2.18. The predicted octanol–water partition coefficient (Wildman–Crippen LogP) is 3.41. The van der Waals surface area contributed by atoms with E-state index >= 15 is 0 Å². The summed E-state index contributed by atoms with van der Waals surface area (Å²) in [5, 5.41) is 0. The molecule has 0 aliphatic heterocycles. The van der Waals surface area contributed by atoms with E-state index in [1.54, 1.807) is 0 Å². The molecular formula is C14H19NO2S. The lowest BCUT2D eigenvalue weighted by Gasteiger charge is -1.99. The highest BCUT2D eigenvalue weighted by molar-refractivity contribution is 7.61. The highest BCUT2D eigenvalue weighted by atomic mass is 32.2. The van der Waals surface area contributed by atoms with E-state index < -0.39 is 10.5 Å². The molecule has 0 N–H and O–H groups in total. The maximum Gasteiger partial charge on any atom is 0.311 e. The molecule has 1 aromatic rings. The lowest BCUT2D eigenvalue weighted by atomic mass is 10.1. The van der Waals surface area contributed by atoms with Crippen molar-refractivity contribution >= 4 is 10.5 Å². The van der Waals surface area contributed by atoms with Crippen LogP contribution in [0, 0.1) is 5.92 Å². The van der Waals surface area contributed by atoms with Crippen molar-refractivity contribution in [3.8, 4) is 0 Å². The smallest absolute Gasteiger partial charge is 0.168 e. The first-order valence-corrected chi connectivity index (χ1v) is 7.62. The van der Waals surface area contributed by atoms with Crippen LogP contribution in [0.3, 0.4) is 0 Å². The Bertz CT molecular complexity index is 502. The van der Waals surface area contributed by atoms with Crippen molar-refractivity contribution < 1.29 is 8.42 Å². The van der Waals surface area contributed by atoms with E-state index in [0.29, 0.717) is 11.8 Å². The van der Waals surface area contributed by atoms with Gasteiger partial charge in [0.1, 0.15) is 0 Å². The molecule has 98 valence electrons. The van der Waals surface area contributed by atoms with Gasteiger partial charge in [-0.3, -0.25) is 0 Å². The number of hydrogen-bond donors (Lipinski definition) is 0. The van der Waals surface area contributed by atoms with Crippen LogP contribution in [0.1, 0.15) is 44.1 Å². The Balaban J connectivity index is 2.06. The second kappa shape index (κ2) is 6.14. The molecule has 3 atom stereocenters. The number of benzene rings is 1. The van der Waals surface area contributed by atoms with Crippen molar-refractivity contribution in [2.45, 2.75) is 44.6 Å². The Morgan fingerprint density at radius 1 is 1.17 bits per heavy atom. The Kier molecular flexibility index (Phi) is 4.53. The van der Waals surface area contributed by atoms with Gasteiger partial charge in [-0.05, 0) is 17.9 Å². The molecule has 2 rings (SSSR count). The van der Waals surface area contributed by atoms with Crippen molar-refractivity contribution in [1.82, 2.24) is 0 Å². The molecule has 0 radical (unpaired) electrons. The number of rotatable bonds is 6. The van der Waals surface area contributed by atoms with Gasteiger partial charge in [-0.2, -0.15) is 12.8 Å². The molecule has 3 unspecified atom stereocenters. The summed E-state index contributed by atoms with van der Waals surface area (Å²) in [7, 11) is -2.28. The minimum Gasteiger partial charge on any atom is -0.168 e. The highest BCUT2D eigenvalue weighted by Crippen LogP contribution is 2.52. The van der Waals surface area contributed by atoms with Crippen molar-refractivity contribution in [3.05, 3.63) is 35.9 Å². The van der Waals surface area contributed by atoms with Gasteiger partial charge in [-0.25, -0.2) is 0 Å². The van der Waals surface area contributed by atoms with Gasteiger partial charge in [0.2, 0.25) is 0 Å². The molecule has 0 saturated heterocycles. The largest absolute Gasteiger partial charge is 0.311 e. The van der Waals surface area contributed by atoms with Crippen LogP contribution in [0.4, 0.5) is 0 Å². The van der Waals surface area contributed by atoms with E-state index in [9.17, 15) is 8.42 Å². The molecule has 0 spiro atoms. The molecule has 1 aromatic carbocycles. The lowest BCUT2D eigenvalue weighted by Crippen LogP contribution is -1.84. The lowest BCUT2D eigenvalue weighted by molar-refractivity contribution is 0.597. The molecular weight excluding hydrogens is 246 g/mol. The van der Waals surface area contributed by atoms with Gasteiger partial charge in [0.25, 0.3) is 0 Å². The summed E-state index contributed by atoms with van der Waals surface area (Å²) in [6.07, 6.45) is 4.66. The van der Waals surface area contributed by atoms with E-state index in [1.807, 2.05) is 18.2 Å². The van der Waals surface area contributed by atoms with Gasteiger partial charge < -0.3 is 0 Å². The predicted molar refractivity (Wildman–Crippen MR) is 72.0 cm³/mol. The van der Waals surface area contributed by atoms with Gasteiger partial charge in [0.15, 0.2) is 0 Å². The van der Waals surface area contributed by atoms with Crippen LogP contribution in [0.2, 0.25) is 0 Å². The topological polar surface area (TPSA) is 46.5 Å². The third-order valence-corrected chi connectivity index (χ3v) is 4.08. The van der Waals surface area contributed by atoms with Crippen LogP contribution in [-0.4, -0.2) is 14.5 Å². The molecule has 0 amide bonds. The van der Waals surface area contributed by atoms with Gasteiger partial charge in [-0.15, -0.1) is 0 Å². The van der Waals surface area contributed by atoms with E-state index in [4.69, 9.17) is 0 Å². The fourth-order valence-electron chi connectivity index (χ4n) is 2.70. The summed E-state index contributed by atoms with van der Waals surface area (Å²) in [5.41, 5.74) is 1.22. The SMILES string of the molecule is CCCCCC1C(N=S(=O)=O)C1c1ccccc1. The maximum absolute atomic E-state index is 10.7. The van der Waals surface area contributed by atoms with Gasteiger partial charge in [0, 0.05) is 5.92 Å². The van der Waals surface area contributed by atoms with Gasteiger partial charge in [-0.1, -0.05) is 56.5 Å².